The zero-order chi connectivity index (χ0) is 27.4. The first-order chi connectivity index (χ1) is 18.2. The second kappa shape index (κ2) is 12.1. The fraction of sp³-hybridized carbons (Fsp3) is 0.263. The highest BCUT2D eigenvalue weighted by Gasteiger charge is 2.54. The SMILES string of the molecule is Nc1nc(/C(=N\OC/C=C/C(=O)O)C(=O)NC2C(=O)N3C(C(=O)O)=C(CSc4nncs4)CSC23)c(Cl)s1. The number of nitrogen functional groups attached to an aromatic ring is 1. The number of oxime groups is 1. The second-order valence-electron chi connectivity index (χ2n) is 7.26. The first kappa shape index (κ1) is 27.8. The van der Waals surface area contributed by atoms with Gasteiger partial charge in [0.25, 0.3) is 11.8 Å². The summed E-state index contributed by atoms with van der Waals surface area (Å²) >= 11 is 11.0. The third-order valence-corrected chi connectivity index (χ3v) is 9.24. The number of fused-ring (bicyclic) bond motifs is 1. The first-order valence-electron chi connectivity index (χ1n) is 10.3. The van der Waals surface area contributed by atoms with Gasteiger partial charge in [-0.05, 0) is 11.6 Å². The Labute approximate surface area is 235 Å². The van der Waals surface area contributed by atoms with Crippen LogP contribution in [0.3, 0.4) is 0 Å². The van der Waals surface area contributed by atoms with Gasteiger partial charge in [0.15, 0.2) is 15.2 Å². The second-order valence-corrected chi connectivity index (χ2v) is 12.1. The Balaban J connectivity index is 1.50. The molecule has 0 spiro atoms. The summed E-state index contributed by atoms with van der Waals surface area (Å²) in [6.07, 6.45) is 1.99. The predicted octanol–water partition coefficient (Wildman–Crippen LogP) is 1.12. The summed E-state index contributed by atoms with van der Waals surface area (Å²) in [6, 6.07) is -1.05. The number of carboxylic acid groups (broad SMARTS) is 2. The molecule has 5 N–H and O–H groups in total. The van der Waals surface area contributed by atoms with Crippen LogP contribution in [0.25, 0.3) is 0 Å². The van der Waals surface area contributed by atoms with Crippen molar-refractivity contribution in [1.29, 1.82) is 0 Å². The standard InChI is InChI=1S/C19H16ClN7O7S4/c20-13-9(24-18(21)38-13)10(26-34-3-1-2-8(28)29)14(30)23-11-15(31)27-12(17(32)33)7(4-35-16(11)27)5-36-19-25-22-6-37-19/h1-2,6,11,16H,3-5H2,(H2,21,24)(H,23,30)(H,28,29)(H,32,33)/b2-1+,26-10+. The molecule has 14 nitrogen and oxygen atoms in total. The van der Waals surface area contributed by atoms with Crippen molar-refractivity contribution in [3.05, 3.63) is 39.0 Å². The van der Waals surface area contributed by atoms with Crippen molar-refractivity contribution < 1.29 is 34.2 Å². The number of thiazole rings is 1. The maximum atomic E-state index is 13.1. The molecule has 2 aromatic heterocycles. The summed E-state index contributed by atoms with van der Waals surface area (Å²) in [5.41, 5.74) is 7.19. The molecular weight excluding hydrogens is 602 g/mol. The first-order valence-corrected chi connectivity index (χ1v) is 14.4. The molecule has 0 bridgehead atoms. The van der Waals surface area contributed by atoms with Crippen LogP contribution in [0.2, 0.25) is 4.34 Å². The van der Waals surface area contributed by atoms with Crippen LogP contribution >= 0.6 is 57.8 Å². The van der Waals surface area contributed by atoms with E-state index in [1.165, 1.54) is 34.9 Å². The van der Waals surface area contributed by atoms with E-state index in [-0.39, 0.29) is 33.2 Å². The third kappa shape index (κ3) is 6.09. The smallest absolute Gasteiger partial charge is 0.352 e. The van der Waals surface area contributed by atoms with Crippen molar-refractivity contribution >= 4 is 92.4 Å². The van der Waals surface area contributed by atoms with Gasteiger partial charge in [0.1, 0.15) is 39.3 Å². The van der Waals surface area contributed by atoms with Gasteiger partial charge in [-0.25, -0.2) is 14.6 Å². The number of carbonyl (C=O) groups excluding carboxylic acids is 2. The molecule has 1 fully saturated rings. The number of thioether (sulfide) groups is 2. The molecule has 2 unspecified atom stereocenters. The fourth-order valence-corrected chi connectivity index (χ4v) is 7.23. The van der Waals surface area contributed by atoms with Crippen LogP contribution in [0.15, 0.2) is 38.4 Å². The number of aromatic nitrogens is 3. The molecule has 2 aliphatic rings. The zero-order valence-electron chi connectivity index (χ0n) is 18.8. The van der Waals surface area contributed by atoms with Gasteiger partial charge in [0, 0.05) is 17.6 Å². The van der Waals surface area contributed by atoms with Gasteiger partial charge in [-0.2, -0.15) is 0 Å². The van der Waals surface area contributed by atoms with Crippen molar-refractivity contribution in [2.45, 2.75) is 15.8 Å². The number of hydrogen-bond acceptors (Lipinski definition) is 14. The molecule has 19 heteroatoms. The van der Waals surface area contributed by atoms with Gasteiger partial charge < -0.3 is 26.1 Å². The highest BCUT2D eigenvalue weighted by molar-refractivity contribution is 8.01. The van der Waals surface area contributed by atoms with Gasteiger partial charge >= 0.3 is 11.9 Å². The molecule has 2 aliphatic heterocycles. The van der Waals surface area contributed by atoms with Gasteiger partial charge in [0.05, 0.1) is 0 Å². The maximum Gasteiger partial charge on any atom is 0.352 e. The van der Waals surface area contributed by atoms with Crippen molar-refractivity contribution in [3.8, 4) is 0 Å². The average Bonchev–Trinajstić information content (AvgIpc) is 3.51. The summed E-state index contributed by atoms with van der Waals surface area (Å²) in [4.78, 5) is 58.9. The van der Waals surface area contributed by atoms with Gasteiger partial charge in [0.2, 0.25) is 0 Å². The number of halogens is 1. The van der Waals surface area contributed by atoms with E-state index in [2.05, 4.69) is 25.7 Å². The average molecular weight is 618 g/mol. The van der Waals surface area contributed by atoms with Crippen molar-refractivity contribution in [2.75, 3.05) is 23.8 Å². The Morgan fingerprint density at radius 3 is 2.82 bits per heavy atom. The normalized spacial score (nSPS) is 19.3. The number of anilines is 1. The lowest BCUT2D eigenvalue weighted by atomic mass is 10.0. The Morgan fingerprint density at radius 2 is 2.18 bits per heavy atom. The van der Waals surface area contributed by atoms with E-state index < -0.39 is 35.2 Å². The molecule has 4 rings (SSSR count). The van der Waals surface area contributed by atoms with Crippen LogP contribution in [0.4, 0.5) is 5.13 Å². The van der Waals surface area contributed by atoms with E-state index >= 15 is 0 Å². The lowest BCUT2D eigenvalue weighted by Gasteiger charge is -2.49. The van der Waals surface area contributed by atoms with Gasteiger partial charge in [-0.15, -0.1) is 22.0 Å². The minimum absolute atomic E-state index is 0.0448. The summed E-state index contributed by atoms with van der Waals surface area (Å²) in [7, 11) is 0. The zero-order valence-corrected chi connectivity index (χ0v) is 22.8. The molecule has 0 aliphatic carbocycles. The molecular formula is C19H16ClN7O7S4. The number of amides is 2. The Hall–Kier alpha value is -3.19. The number of hydrogen-bond donors (Lipinski definition) is 4. The lowest BCUT2D eigenvalue weighted by molar-refractivity contribution is -0.150. The van der Waals surface area contributed by atoms with Crippen molar-refractivity contribution in [3.63, 3.8) is 0 Å². The summed E-state index contributed by atoms with van der Waals surface area (Å²) in [5.74, 6) is -3.29. The predicted molar refractivity (Wildman–Crippen MR) is 141 cm³/mol. The molecule has 0 aromatic carbocycles. The largest absolute Gasteiger partial charge is 0.478 e. The molecule has 200 valence electrons. The molecule has 1 saturated heterocycles. The quantitative estimate of drug-likeness (QED) is 0.0696. The number of rotatable bonds is 11. The van der Waals surface area contributed by atoms with E-state index in [0.29, 0.717) is 21.4 Å². The fourth-order valence-electron chi connectivity index (χ4n) is 3.33. The van der Waals surface area contributed by atoms with Gasteiger partial charge in [-0.3, -0.25) is 14.5 Å². The summed E-state index contributed by atoms with van der Waals surface area (Å²) in [6.45, 7) is -0.278. The van der Waals surface area contributed by atoms with Gasteiger partial charge in [-0.1, -0.05) is 51.2 Å². The highest BCUT2D eigenvalue weighted by atomic mass is 35.5. The van der Waals surface area contributed by atoms with Crippen LogP contribution in [0.5, 0.6) is 0 Å². The minimum atomic E-state index is -1.25. The summed E-state index contributed by atoms with van der Waals surface area (Å²) < 4.78 is 0.714. The molecule has 0 radical (unpaired) electrons. The molecule has 4 heterocycles. The van der Waals surface area contributed by atoms with Crippen LogP contribution < -0.4 is 11.1 Å². The molecule has 2 amide bonds. The number of carbonyl (C=O) groups is 4. The van der Waals surface area contributed by atoms with Crippen LogP contribution in [0, 0.1) is 0 Å². The molecule has 0 saturated carbocycles. The number of nitrogens with zero attached hydrogens (tertiary/aromatic N) is 5. The monoisotopic (exact) mass is 617 g/mol. The summed E-state index contributed by atoms with van der Waals surface area (Å²) in [5, 5.41) is 31.8. The Morgan fingerprint density at radius 1 is 1.39 bits per heavy atom. The van der Waals surface area contributed by atoms with Crippen LogP contribution in [0.1, 0.15) is 5.69 Å². The van der Waals surface area contributed by atoms with Crippen molar-refractivity contribution in [1.82, 2.24) is 25.4 Å². The number of β-lactam (4-membered cyclic amide) rings is 1. The molecule has 38 heavy (non-hydrogen) atoms. The lowest BCUT2D eigenvalue weighted by Crippen LogP contribution is -2.71. The molecule has 2 atom stereocenters. The number of aliphatic carboxylic acids is 2. The highest BCUT2D eigenvalue weighted by Crippen LogP contribution is 2.41. The number of carboxylic acids is 2. The third-order valence-electron chi connectivity index (χ3n) is 4.88. The van der Waals surface area contributed by atoms with Crippen molar-refractivity contribution in [2.24, 2.45) is 5.16 Å². The Kier molecular flexibility index (Phi) is 8.87. The van der Waals surface area contributed by atoms with E-state index in [9.17, 15) is 24.3 Å². The van der Waals surface area contributed by atoms with Crippen LogP contribution in [-0.4, -0.2) is 89.3 Å². The molecule has 2 aromatic rings. The van der Waals surface area contributed by atoms with Crippen LogP contribution in [-0.2, 0) is 24.0 Å². The van der Waals surface area contributed by atoms with E-state index in [0.717, 1.165) is 28.4 Å². The topological polar surface area (TPSA) is 210 Å². The minimum Gasteiger partial charge on any atom is -0.478 e. The van der Waals surface area contributed by atoms with E-state index in [1.807, 2.05) is 0 Å². The van der Waals surface area contributed by atoms with E-state index in [4.69, 9.17) is 27.3 Å². The maximum absolute atomic E-state index is 13.1. The Bertz CT molecular complexity index is 1360. The number of nitrogens with two attached hydrogens (primary N) is 1. The number of nitrogens with one attached hydrogen (secondary N) is 1. The van der Waals surface area contributed by atoms with E-state index in [1.54, 1.807) is 5.51 Å².